The Balaban J connectivity index is 1.81. The normalized spacial score (nSPS) is 31.9. The van der Waals surface area contributed by atoms with Crippen molar-refractivity contribution in [3.8, 4) is 11.5 Å². The third-order valence-electron chi connectivity index (χ3n) is 5.36. The highest BCUT2D eigenvalue weighted by molar-refractivity contribution is 5.44. The molecule has 1 N–H and O–H groups in total. The summed E-state index contributed by atoms with van der Waals surface area (Å²) < 4.78 is 11.6. The predicted molar refractivity (Wildman–Crippen MR) is 82.7 cm³/mol. The number of hydrogen-bond donors (Lipinski definition) is 1. The van der Waals surface area contributed by atoms with E-state index >= 15 is 0 Å². The van der Waals surface area contributed by atoms with Gasteiger partial charge in [-0.2, -0.15) is 0 Å². The molecule has 0 radical (unpaired) electrons. The Kier molecular flexibility index (Phi) is 3.87. The van der Waals surface area contributed by atoms with Crippen molar-refractivity contribution in [3.05, 3.63) is 23.8 Å². The van der Waals surface area contributed by atoms with Crippen molar-refractivity contribution in [2.24, 2.45) is 11.8 Å². The van der Waals surface area contributed by atoms with E-state index in [2.05, 4.69) is 13.8 Å². The lowest BCUT2D eigenvalue weighted by Gasteiger charge is -2.45. The zero-order valence-corrected chi connectivity index (χ0v) is 13.3. The Morgan fingerprint density at radius 2 is 2.00 bits per heavy atom. The summed E-state index contributed by atoms with van der Waals surface area (Å²) in [6.07, 6.45) is 4.78. The van der Waals surface area contributed by atoms with Gasteiger partial charge in [0, 0.05) is 18.1 Å². The largest absolute Gasteiger partial charge is 0.497 e. The van der Waals surface area contributed by atoms with E-state index < -0.39 is 6.10 Å². The van der Waals surface area contributed by atoms with Gasteiger partial charge in [-0.25, -0.2) is 0 Å². The number of hydrogen-bond acceptors (Lipinski definition) is 3. The molecule has 1 heterocycles. The minimum absolute atomic E-state index is 0.176. The number of aliphatic hydroxyl groups excluding tert-OH is 1. The Hall–Kier alpha value is -1.22. The summed E-state index contributed by atoms with van der Waals surface area (Å²) in [6.45, 7) is 4.61. The summed E-state index contributed by atoms with van der Waals surface area (Å²) in [5, 5.41) is 10.5. The molecule has 1 fully saturated rings. The molecule has 0 aromatic heterocycles. The molecular weight excluding hydrogens is 264 g/mol. The van der Waals surface area contributed by atoms with E-state index in [1.807, 2.05) is 18.2 Å². The van der Waals surface area contributed by atoms with Crippen molar-refractivity contribution in [3.63, 3.8) is 0 Å². The fourth-order valence-corrected chi connectivity index (χ4v) is 3.88. The molecule has 3 heteroatoms. The Morgan fingerprint density at radius 3 is 2.62 bits per heavy atom. The lowest BCUT2D eigenvalue weighted by atomic mass is 9.71. The van der Waals surface area contributed by atoms with Gasteiger partial charge in [-0.15, -0.1) is 0 Å². The molecule has 3 rings (SSSR count). The number of ether oxygens (including phenoxy) is 2. The molecule has 0 unspecified atom stereocenters. The molecule has 21 heavy (non-hydrogen) atoms. The minimum atomic E-state index is -0.421. The monoisotopic (exact) mass is 290 g/mol. The van der Waals surface area contributed by atoms with E-state index in [-0.39, 0.29) is 5.60 Å². The number of methoxy groups -OCH3 is 1. The van der Waals surface area contributed by atoms with Crippen LogP contribution in [0.4, 0.5) is 0 Å². The maximum atomic E-state index is 10.5. The fourth-order valence-electron chi connectivity index (χ4n) is 3.88. The zero-order chi connectivity index (χ0) is 15.0. The summed E-state index contributed by atoms with van der Waals surface area (Å²) in [5.74, 6) is 3.12. The van der Waals surface area contributed by atoms with E-state index in [0.717, 1.165) is 48.2 Å². The van der Waals surface area contributed by atoms with Crippen LogP contribution >= 0.6 is 0 Å². The fraction of sp³-hybridized carbons (Fsp3) is 0.667. The minimum Gasteiger partial charge on any atom is -0.497 e. The second-order valence-corrected chi connectivity index (χ2v) is 6.99. The highest BCUT2D eigenvalue weighted by Crippen LogP contribution is 2.48. The van der Waals surface area contributed by atoms with Gasteiger partial charge in [0.2, 0.25) is 0 Å². The summed E-state index contributed by atoms with van der Waals surface area (Å²) in [4.78, 5) is 0. The highest BCUT2D eigenvalue weighted by Gasteiger charge is 2.43. The first-order valence-corrected chi connectivity index (χ1v) is 8.08. The van der Waals surface area contributed by atoms with Gasteiger partial charge in [-0.3, -0.25) is 0 Å². The first-order valence-electron chi connectivity index (χ1n) is 8.08. The molecule has 2 aliphatic rings. The summed E-state index contributed by atoms with van der Waals surface area (Å²) in [6, 6.07) is 5.72. The topological polar surface area (TPSA) is 38.7 Å². The van der Waals surface area contributed by atoms with Crippen LogP contribution in [-0.4, -0.2) is 17.8 Å². The third kappa shape index (κ3) is 2.76. The third-order valence-corrected chi connectivity index (χ3v) is 5.36. The molecule has 1 atom stereocenters. The standard InChI is InChI=1S/C18H26O3/c1-12(2)13-6-8-18(9-7-13)11-16(19)15-5-4-14(20-3)10-17(15)21-18/h4-5,10,12-13,16,19H,6-9,11H2,1-3H3/t13?,16-,18?/m1/s1. The molecule has 0 saturated heterocycles. The smallest absolute Gasteiger partial charge is 0.129 e. The Bertz CT molecular complexity index is 501. The van der Waals surface area contributed by atoms with Crippen LogP contribution in [0, 0.1) is 11.8 Å². The van der Waals surface area contributed by atoms with E-state index in [0.29, 0.717) is 0 Å². The quantitative estimate of drug-likeness (QED) is 0.891. The molecular formula is C18H26O3. The van der Waals surface area contributed by atoms with Crippen molar-refractivity contribution in [2.75, 3.05) is 7.11 Å². The molecule has 0 amide bonds. The van der Waals surface area contributed by atoms with Crippen LogP contribution in [0.25, 0.3) is 0 Å². The van der Waals surface area contributed by atoms with Crippen molar-refractivity contribution in [1.29, 1.82) is 0 Å². The average molecular weight is 290 g/mol. The average Bonchev–Trinajstić information content (AvgIpc) is 2.47. The molecule has 1 aromatic rings. The van der Waals surface area contributed by atoms with Crippen molar-refractivity contribution < 1.29 is 14.6 Å². The zero-order valence-electron chi connectivity index (χ0n) is 13.3. The van der Waals surface area contributed by atoms with E-state index in [1.54, 1.807) is 7.11 Å². The van der Waals surface area contributed by atoms with Gasteiger partial charge in [0.25, 0.3) is 0 Å². The van der Waals surface area contributed by atoms with Gasteiger partial charge < -0.3 is 14.6 Å². The van der Waals surface area contributed by atoms with E-state index in [4.69, 9.17) is 9.47 Å². The van der Waals surface area contributed by atoms with Crippen LogP contribution in [0.5, 0.6) is 11.5 Å². The molecule has 0 bridgehead atoms. The second kappa shape index (κ2) is 5.53. The molecule has 1 aromatic carbocycles. The van der Waals surface area contributed by atoms with Gasteiger partial charge in [0.15, 0.2) is 0 Å². The molecule has 1 spiro atoms. The Morgan fingerprint density at radius 1 is 1.29 bits per heavy atom. The maximum absolute atomic E-state index is 10.5. The van der Waals surface area contributed by atoms with Crippen molar-refractivity contribution in [1.82, 2.24) is 0 Å². The van der Waals surface area contributed by atoms with Crippen LogP contribution in [0.1, 0.15) is 57.6 Å². The SMILES string of the molecule is COc1ccc2c(c1)OC1(CCC(C(C)C)CC1)C[C@H]2O. The van der Waals surface area contributed by atoms with Gasteiger partial charge in [0.1, 0.15) is 17.1 Å². The Labute approximate surface area is 127 Å². The van der Waals surface area contributed by atoms with Gasteiger partial charge in [-0.05, 0) is 49.7 Å². The molecule has 3 nitrogen and oxygen atoms in total. The summed E-state index contributed by atoms with van der Waals surface area (Å²) in [7, 11) is 1.66. The molecule has 116 valence electrons. The van der Waals surface area contributed by atoms with Crippen LogP contribution in [0.2, 0.25) is 0 Å². The maximum Gasteiger partial charge on any atom is 0.129 e. The van der Waals surface area contributed by atoms with Gasteiger partial charge in [-0.1, -0.05) is 13.8 Å². The lowest BCUT2D eigenvalue weighted by Crippen LogP contribution is -2.44. The number of aliphatic hydroxyl groups is 1. The second-order valence-electron chi connectivity index (χ2n) is 6.99. The summed E-state index contributed by atoms with van der Waals surface area (Å²) >= 11 is 0. The number of benzene rings is 1. The first kappa shape index (κ1) is 14.7. The van der Waals surface area contributed by atoms with Gasteiger partial charge in [0.05, 0.1) is 13.2 Å². The first-order chi connectivity index (χ1) is 10.0. The summed E-state index contributed by atoms with van der Waals surface area (Å²) in [5.41, 5.74) is 0.719. The van der Waals surface area contributed by atoms with Crippen LogP contribution in [0.3, 0.4) is 0 Å². The van der Waals surface area contributed by atoms with E-state index in [9.17, 15) is 5.11 Å². The van der Waals surface area contributed by atoms with E-state index in [1.165, 1.54) is 12.8 Å². The number of rotatable bonds is 2. The van der Waals surface area contributed by atoms with Crippen molar-refractivity contribution in [2.45, 2.75) is 57.7 Å². The van der Waals surface area contributed by atoms with Crippen molar-refractivity contribution >= 4 is 0 Å². The number of fused-ring (bicyclic) bond motifs is 1. The van der Waals surface area contributed by atoms with Crippen LogP contribution < -0.4 is 9.47 Å². The molecule has 1 aliphatic carbocycles. The molecule has 1 aliphatic heterocycles. The van der Waals surface area contributed by atoms with Crippen LogP contribution in [0.15, 0.2) is 18.2 Å². The predicted octanol–water partition coefficient (Wildman–Crippen LogP) is 4.10. The highest BCUT2D eigenvalue weighted by atomic mass is 16.5. The van der Waals surface area contributed by atoms with Gasteiger partial charge >= 0.3 is 0 Å². The molecule has 1 saturated carbocycles. The lowest BCUT2D eigenvalue weighted by molar-refractivity contribution is -0.0504. The van der Waals surface area contributed by atoms with Crippen LogP contribution in [-0.2, 0) is 0 Å².